The number of amides is 2. The number of nitrogens with one attached hydrogen (secondary N) is 1. The number of hydrogen-bond acceptors (Lipinski definition) is 5. The van der Waals surface area contributed by atoms with Crippen LogP contribution >= 0.6 is 0 Å². The number of aliphatic imine (C=N–C) groups is 1. The van der Waals surface area contributed by atoms with Gasteiger partial charge in [0.15, 0.2) is 0 Å². The molecule has 0 spiro atoms. The van der Waals surface area contributed by atoms with E-state index in [1.165, 1.54) is 12.8 Å². The van der Waals surface area contributed by atoms with E-state index in [2.05, 4.69) is 28.4 Å². The standard InChI is InChI=1S/C31H37N5O2/c1-22(2)29(28(32)30(37)34-26-10-5-4-6-11-26)33-20-23(3)24-13-15-25(16-14-24)31(38)36-19-9-12-27(36)21-35-17-7-8-18-35/h4-6,10-11,13-16,20,27H,1,3,7-9,12,17-19,21,32H2,2H3,(H,34,37)/b29-28-,33-20-/t27-/m1/s1. The molecule has 2 saturated heterocycles. The van der Waals surface area contributed by atoms with Crippen LogP contribution in [0.4, 0.5) is 5.69 Å². The summed E-state index contributed by atoms with van der Waals surface area (Å²) in [6, 6.07) is 16.8. The molecule has 2 aromatic carbocycles. The van der Waals surface area contributed by atoms with Crippen LogP contribution in [-0.4, -0.2) is 60.0 Å². The third-order valence-electron chi connectivity index (χ3n) is 7.09. The number of nitrogens with two attached hydrogens (primary N) is 1. The van der Waals surface area contributed by atoms with E-state index in [-0.39, 0.29) is 11.6 Å². The van der Waals surface area contributed by atoms with Gasteiger partial charge in [0.25, 0.3) is 11.8 Å². The van der Waals surface area contributed by atoms with Crippen molar-refractivity contribution in [1.29, 1.82) is 0 Å². The number of carbonyl (C=O) groups excluding carboxylic acids is 2. The Morgan fingerprint density at radius 1 is 1.00 bits per heavy atom. The SMILES string of the molecule is C=C(C)C(/N=C\C(=C)c1ccc(C(=O)N2CCC[C@@H]2CN2CCCC2)cc1)=C(/N)C(=O)Nc1ccccc1. The molecule has 0 radical (unpaired) electrons. The first-order chi connectivity index (χ1) is 18.3. The van der Waals surface area contributed by atoms with Gasteiger partial charge in [0.2, 0.25) is 0 Å². The average Bonchev–Trinajstić information content (AvgIpc) is 3.61. The second-order valence-corrected chi connectivity index (χ2v) is 10.0. The molecule has 0 saturated carbocycles. The van der Waals surface area contributed by atoms with E-state index in [1.807, 2.05) is 47.4 Å². The molecule has 1 atom stereocenters. The maximum absolute atomic E-state index is 13.3. The molecule has 38 heavy (non-hydrogen) atoms. The van der Waals surface area contributed by atoms with Crippen molar-refractivity contribution in [2.75, 3.05) is 31.5 Å². The second-order valence-electron chi connectivity index (χ2n) is 10.0. The minimum absolute atomic E-state index is 0.0274. The number of likely N-dealkylation sites (tertiary alicyclic amines) is 2. The van der Waals surface area contributed by atoms with Crippen molar-refractivity contribution >= 4 is 29.3 Å². The van der Waals surface area contributed by atoms with Crippen LogP contribution in [0.15, 0.2) is 89.7 Å². The lowest BCUT2D eigenvalue weighted by molar-refractivity contribution is -0.113. The highest BCUT2D eigenvalue weighted by atomic mass is 16.2. The minimum atomic E-state index is -0.454. The molecule has 2 aliphatic heterocycles. The average molecular weight is 512 g/mol. The molecule has 198 valence electrons. The number of rotatable bonds is 9. The molecule has 3 N–H and O–H groups in total. The van der Waals surface area contributed by atoms with Crippen LogP contribution in [-0.2, 0) is 4.79 Å². The predicted octanol–water partition coefficient (Wildman–Crippen LogP) is 4.86. The van der Waals surface area contributed by atoms with Gasteiger partial charge in [-0.05, 0) is 86.7 Å². The van der Waals surface area contributed by atoms with Crippen LogP contribution in [0.25, 0.3) is 5.57 Å². The quantitative estimate of drug-likeness (QED) is 0.286. The maximum Gasteiger partial charge on any atom is 0.273 e. The first-order valence-electron chi connectivity index (χ1n) is 13.2. The summed E-state index contributed by atoms with van der Waals surface area (Å²) in [5.41, 5.74) is 9.73. The van der Waals surface area contributed by atoms with Gasteiger partial charge in [-0.1, -0.05) is 43.5 Å². The summed E-state index contributed by atoms with van der Waals surface area (Å²) in [4.78, 5) is 34.8. The Labute approximate surface area is 225 Å². The van der Waals surface area contributed by atoms with Gasteiger partial charge < -0.3 is 20.9 Å². The van der Waals surface area contributed by atoms with E-state index < -0.39 is 5.91 Å². The third-order valence-corrected chi connectivity index (χ3v) is 7.09. The first-order valence-corrected chi connectivity index (χ1v) is 13.2. The van der Waals surface area contributed by atoms with Gasteiger partial charge >= 0.3 is 0 Å². The molecular weight excluding hydrogens is 474 g/mol. The summed E-state index contributed by atoms with van der Waals surface area (Å²) in [5.74, 6) is -0.369. The van der Waals surface area contributed by atoms with Crippen molar-refractivity contribution in [2.45, 2.75) is 38.6 Å². The van der Waals surface area contributed by atoms with Gasteiger partial charge in [-0.2, -0.15) is 0 Å². The van der Waals surface area contributed by atoms with E-state index in [0.29, 0.717) is 34.1 Å². The molecule has 7 heteroatoms. The Hall–Kier alpha value is -3.97. The molecule has 2 aliphatic rings. The summed E-state index contributed by atoms with van der Waals surface area (Å²) in [7, 11) is 0. The van der Waals surface area contributed by atoms with E-state index in [4.69, 9.17) is 5.73 Å². The van der Waals surface area contributed by atoms with Crippen LogP contribution in [0.5, 0.6) is 0 Å². The molecule has 4 rings (SSSR count). The Morgan fingerprint density at radius 3 is 2.32 bits per heavy atom. The minimum Gasteiger partial charge on any atom is -0.392 e. The number of nitrogens with zero attached hydrogens (tertiary/aromatic N) is 3. The van der Waals surface area contributed by atoms with Gasteiger partial charge in [0.1, 0.15) is 5.70 Å². The van der Waals surface area contributed by atoms with Crippen molar-refractivity contribution in [3.05, 3.63) is 95.8 Å². The maximum atomic E-state index is 13.3. The molecule has 0 aliphatic carbocycles. The van der Waals surface area contributed by atoms with Crippen LogP contribution in [0.1, 0.15) is 48.5 Å². The molecule has 0 aromatic heterocycles. The molecule has 2 aromatic rings. The molecule has 7 nitrogen and oxygen atoms in total. The van der Waals surface area contributed by atoms with Crippen LogP contribution in [0, 0.1) is 0 Å². The summed E-state index contributed by atoms with van der Waals surface area (Å²) in [6.45, 7) is 13.8. The third kappa shape index (κ3) is 6.66. The van der Waals surface area contributed by atoms with Crippen molar-refractivity contribution < 1.29 is 9.59 Å². The number of benzene rings is 2. The zero-order valence-electron chi connectivity index (χ0n) is 22.2. The van der Waals surface area contributed by atoms with Crippen LogP contribution < -0.4 is 11.1 Å². The Kier molecular flexibility index (Phi) is 8.92. The van der Waals surface area contributed by atoms with Gasteiger partial charge in [-0.3, -0.25) is 14.6 Å². The van der Waals surface area contributed by atoms with Gasteiger partial charge in [0, 0.05) is 36.6 Å². The summed E-state index contributed by atoms with van der Waals surface area (Å²) in [5, 5.41) is 2.76. The molecular formula is C31H37N5O2. The first kappa shape index (κ1) is 27.1. The second kappa shape index (κ2) is 12.5. The van der Waals surface area contributed by atoms with Crippen molar-refractivity contribution in [3.8, 4) is 0 Å². The lowest BCUT2D eigenvalue weighted by atomic mass is 10.0. The van der Waals surface area contributed by atoms with E-state index >= 15 is 0 Å². The zero-order chi connectivity index (χ0) is 27.1. The lowest BCUT2D eigenvalue weighted by Gasteiger charge is -2.28. The van der Waals surface area contributed by atoms with Crippen LogP contribution in [0.2, 0.25) is 0 Å². The van der Waals surface area contributed by atoms with E-state index in [1.54, 1.807) is 25.3 Å². The largest absolute Gasteiger partial charge is 0.392 e. The normalized spacial score (nSPS) is 18.4. The monoisotopic (exact) mass is 511 g/mol. The predicted molar refractivity (Wildman–Crippen MR) is 155 cm³/mol. The number of para-hydroxylation sites is 1. The van der Waals surface area contributed by atoms with Crippen molar-refractivity contribution in [3.63, 3.8) is 0 Å². The smallest absolute Gasteiger partial charge is 0.273 e. The molecule has 0 bridgehead atoms. The number of allylic oxidation sites excluding steroid dienone is 2. The Bertz CT molecular complexity index is 1240. The lowest BCUT2D eigenvalue weighted by Crippen LogP contribution is -2.42. The van der Waals surface area contributed by atoms with Gasteiger partial charge in [0.05, 0.1) is 5.70 Å². The van der Waals surface area contributed by atoms with E-state index in [0.717, 1.165) is 44.6 Å². The van der Waals surface area contributed by atoms with E-state index in [9.17, 15) is 9.59 Å². The Morgan fingerprint density at radius 2 is 1.66 bits per heavy atom. The van der Waals surface area contributed by atoms with Crippen molar-refractivity contribution in [1.82, 2.24) is 9.80 Å². The summed E-state index contributed by atoms with van der Waals surface area (Å²) >= 11 is 0. The fourth-order valence-electron chi connectivity index (χ4n) is 5.00. The highest BCUT2D eigenvalue weighted by molar-refractivity contribution is 6.10. The van der Waals surface area contributed by atoms with Crippen molar-refractivity contribution in [2.24, 2.45) is 10.7 Å². The molecule has 2 amide bonds. The highest BCUT2D eigenvalue weighted by Gasteiger charge is 2.31. The number of carbonyl (C=O) groups is 2. The number of anilines is 1. The van der Waals surface area contributed by atoms with Crippen LogP contribution in [0.3, 0.4) is 0 Å². The van der Waals surface area contributed by atoms with Gasteiger partial charge in [-0.25, -0.2) is 0 Å². The molecule has 2 fully saturated rings. The molecule has 2 heterocycles. The zero-order valence-corrected chi connectivity index (χ0v) is 22.2. The number of hydrogen-bond donors (Lipinski definition) is 2. The highest BCUT2D eigenvalue weighted by Crippen LogP contribution is 2.24. The fourth-order valence-corrected chi connectivity index (χ4v) is 5.00. The summed E-state index contributed by atoms with van der Waals surface area (Å²) in [6.07, 6.45) is 6.20. The summed E-state index contributed by atoms with van der Waals surface area (Å²) < 4.78 is 0. The topological polar surface area (TPSA) is 91.0 Å². The Balaban J connectivity index is 1.41. The molecule has 0 unspecified atom stereocenters. The van der Waals surface area contributed by atoms with Gasteiger partial charge in [-0.15, -0.1) is 0 Å². The fraction of sp³-hybridized carbons (Fsp3) is 0.323.